The third-order valence-corrected chi connectivity index (χ3v) is 5.54. The number of rotatable bonds is 4. The van der Waals surface area contributed by atoms with Gasteiger partial charge in [-0.1, -0.05) is 18.2 Å². The molecule has 0 spiro atoms. The van der Waals surface area contributed by atoms with Crippen LogP contribution in [0.25, 0.3) is 22.3 Å². The standard InChI is InChI=1S/C25H27N3O4/c1-25(2,3)32-24(31)16-10-12-28(13-11-16)22-7-5-4-6-18(22)21-15-26-20-14-17(23(29)30)8-9-19(20)27-21/h4-9,14-16H,10-13H2,1-3H3,(H,29,30). The minimum Gasteiger partial charge on any atom is -0.478 e. The van der Waals surface area contributed by atoms with Crippen LogP contribution in [0, 0.1) is 5.92 Å². The number of carboxylic acid groups (broad SMARTS) is 1. The first-order valence-electron chi connectivity index (χ1n) is 10.8. The summed E-state index contributed by atoms with van der Waals surface area (Å²) in [5.41, 5.74) is 3.64. The van der Waals surface area contributed by atoms with Crippen molar-refractivity contribution >= 4 is 28.7 Å². The van der Waals surface area contributed by atoms with E-state index in [1.165, 1.54) is 12.1 Å². The maximum absolute atomic E-state index is 12.4. The van der Waals surface area contributed by atoms with Gasteiger partial charge >= 0.3 is 11.9 Å². The van der Waals surface area contributed by atoms with Crippen LogP contribution in [-0.4, -0.2) is 45.7 Å². The summed E-state index contributed by atoms with van der Waals surface area (Å²) in [6.45, 7) is 7.18. The molecule has 32 heavy (non-hydrogen) atoms. The highest BCUT2D eigenvalue weighted by Gasteiger charge is 2.30. The second-order valence-electron chi connectivity index (χ2n) is 9.08. The Morgan fingerprint density at radius 3 is 2.47 bits per heavy atom. The van der Waals surface area contributed by atoms with Crippen LogP contribution in [0.15, 0.2) is 48.7 Å². The first-order chi connectivity index (χ1) is 15.2. The number of nitrogens with zero attached hydrogens (tertiary/aromatic N) is 3. The van der Waals surface area contributed by atoms with Gasteiger partial charge in [-0.3, -0.25) is 9.78 Å². The quantitative estimate of drug-likeness (QED) is 0.603. The van der Waals surface area contributed by atoms with Gasteiger partial charge in [-0.2, -0.15) is 0 Å². The van der Waals surface area contributed by atoms with Crippen LogP contribution in [-0.2, 0) is 9.53 Å². The van der Waals surface area contributed by atoms with Crippen molar-refractivity contribution in [3.05, 3.63) is 54.2 Å². The number of carboxylic acids is 1. The Morgan fingerprint density at radius 2 is 1.78 bits per heavy atom. The number of esters is 1. The molecule has 0 amide bonds. The number of ether oxygens (including phenoxy) is 1. The first-order valence-corrected chi connectivity index (χ1v) is 10.8. The van der Waals surface area contributed by atoms with Gasteiger partial charge < -0.3 is 14.7 Å². The second-order valence-corrected chi connectivity index (χ2v) is 9.08. The van der Waals surface area contributed by atoms with Crippen molar-refractivity contribution in [2.24, 2.45) is 5.92 Å². The fraction of sp³-hybridized carbons (Fsp3) is 0.360. The molecule has 7 nitrogen and oxygen atoms in total. The number of para-hydroxylation sites is 1. The van der Waals surface area contributed by atoms with Crippen LogP contribution in [0.3, 0.4) is 0 Å². The number of aromatic carboxylic acids is 1. The van der Waals surface area contributed by atoms with Crippen LogP contribution in [0.1, 0.15) is 44.0 Å². The molecule has 0 aliphatic carbocycles. The molecule has 4 rings (SSSR count). The maximum atomic E-state index is 12.4. The summed E-state index contributed by atoms with van der Waals surface area (Å²) < 4.78 is 5.56. The Bertz CT molecular complexity index is 1160. The highest BCUT2D eigenvalue weighted by atomic mass is 16.6. The van der Waals surface area contributed by atoms with Crippen molar-refractivity contribution in [3.63, 3.8) is 0 Å². The first kappa shape index (κ1) is 21.7. The van der Waals surface area contributed by atoms with E-state index < -0.39 is 11.6 Å². The van der Waals surface area contributed by atoms with E-state index >= 15 is 0 Å². The van der Waals surface area contributed by atoms with Gasteiger partial charge in [0.1, 0.15) is 5.60 Å². The fourth-order valence-corrected chi connectivity index (χ4v) is 3.98. The third-order valence-electron chi connectivity index (χ3n) is 5.54. The van der Waals surface area contributed by atoms with E-state index in [-0.39, 0.29) is 17.5 Å². The van der Waals surface area contributed by atoms with Gasteiger partial charge in [0.2, 0.25) is 0 Å². The normalized spacial score (nSPS) is 15.0. The summed E-state index contributed by atoms with van der Waals surface area (Å²) in [6, 6.07) is 12.8. The Kier molecular flexibility index (Phi) is 5.82. The van der Waals surface area contributed by atoms with Gasteiger partial charge in [-0.25, -0.2) is 9.78 Å². The van der Waals surface area contributed by atoms with Crippen molar-refractivity contribution in [1.29, 1.82) is 0 Å². The predicted molar refractivity (Wildman–Crippen MR) is 123 cm³/mol. The highest BCUT2D eigenvalue weighted by molar-refractivity contribution is 5.92. The number of hydrogen-bond acceptors (Lipinski definition) is 6. The second kappa shape index (κ2) is 8.57. The number of carbonyl (C=O) groups is 2. The molecule has 166 valence electrons. The SMILES string of the molecule is CC(C)(C)OC(=O)C1CCN(c2ccccc2-c2cnc3cc(C(=O)O)ccc3n2)CC1. The van der Waals surface area contributed by atoms with E-state index in [0.29, 0.717) is 11.0 Å². The van der Waals surface area contributed by atoms with Crippen molar-refractivity contribution in [3.8, 4) is 11.3 Å². The number of aromatic nitrogens is 2. The van der Waals surface area contributed by atoms with Gasteiger partial charge in [0, 0.05) is 24.3 Å². The Hall–Kier alpha value is -3.48. The van der Waals surface area contributed by atoms with E-state index in [2.05, 4.69) is 16.0 Å². The molecule has 0 atom stereocenters. The molecule has 1 fully saturated rings. The van der Waals surface area contributed by atoms with E-state index in [9.17, 15) is 14.7 Å². The lowest BCUT2D eigenvalue weighted by Crippen LogP contribution is -2.39. The summed E-state index contributed by atoms with van der Waals surface area (Å²) in [4.78, 5) is 35.1. The van der Waals surface area contributed by atoms with Crippen molar-refractivity contribution in [2.45, 2.75) is 39.2 Å². The molecule has 1 saturated heterocycles. The molecule has 0 bridgehead atoms. The predicted octanol–water partition coefficient (Wildman–Crippen LogP) is 4.55. The molecule has 7 heteroatoms. The smallest absolute Gasteiger partial charge is 0.335 e. The number of benzene rings is 2. The van der Waals surface area contributed by atoms with Gasteiger partial charge in [0.15, 0.2) is 0 Å². The van der Waals surface area contributed by atoms with Gasteiger partial charge in [0.25, 0.3) is 0 Å². The summed E-state index contributed by atoms with van der Waals surface area (Å²) >= 11 is 0. The molecule has 1 aromatic heterocycles. The molecule has 1 aliphatic rings. The molecular weight excluding hydrogens is 406 g/mol. The Labute approximate surface area is 187 Å². The molecule has 1 aliphatic heterocycles. The van der Waals surface area contributed by atoms with Crippen LogP contribution in [0.2, 0.25) is 0 Å². The zero-order chi connectivity index (χ0) is 22.9. The Balaban J connectivity index is 1.56. The van der Waals surface area contributed by atoms with Crippen LogP contribution in [0.5, 0.6) is 0 Å². The summed E-state index contributed by atoms with van der Waals surface area (Å²) in [5.74, 6) is -1.19. The lowest BCUT2D eigenvalue weighted by Gasteiger charge is -2.34. The minimum atomic E-state index is -0.988. The van der Waals surface area contributed by atoms with E-state index in [1.54, 1.807) is 12.3 Å². The van der Waals surface area contributed by atoms with Crippen molar-refractivity contribution < 1.29 is 19.4 Å². The molecule has 1 N–H and O–H groups in total. The molecule has 2 aromatic carbocycles. The minimum absolute atomic E-state index is 0.0819. The Morgan fingerprint density at radius 1 is 1.06 bits per heavy atom. The average Bonchev–Trinajstić information content (AvgIpc) is 2.77. The molecule has 0 saturated carbocycles. The van der Waals surface area contributed by atoms with E-state index in [4.69, 9.17) is 9.72 Å². The number of piperidine rings is 1. The zero-order valence-corrected chi connectivity index (χ0v) is 18.5. The fourth-order valence-electron chi connectivity index (χ4n) is 3.98. The van der Waals surface area contributed by atoms with Crippen LogP contribution in [0.4, 0.5) is 5.69 Å². The number of anilines is 1. The summed E-state index contributed by atoms with van der Waals surface area (Å²) in [7, 11) is 0. The van der Waals surface area contributed by atoms with Crippen LogP contribution < -0.4 is 4.90 Å². The van der Waals surface area contributed by atoms with Gasteiger partial charge in [-0.05, 0) is 57.9 Å². The summed E-state index contributed by atoms with van der Waals surface area (Å²) in [6.07, 6.45) is 3.16. The highest BCUT2D eigenvalue weighted by Crippen LogP contribution is 2.33. The molecule has 2 heterocycles. The van der Waals surface area contributed by atoms with Gasteiger partial charge in [0.05, 0.1) is 34.4 Å². The lowest BCUT2D eigenvalue weighted by atomic mass is 9.95. The molecular formula is C25H27N3O4. The average molecular weight is 434 g/mol. The van der Waals surface area contributed by atoms with Crippen molar-refractivity contribution in [1.82, 2.24) is 9.97 Å². The summed E-state index contributed by atoms with van der Waals surface area (Å²) in [5, 5.41) is 9.18. The number of fused-ring (bicyclic) bond motifs is 1. The topological polar surface area (TPSA) is 92.6 Å². The molecule has 3 aromatic rings. The van der Waals surface area contributed by atoms with E-state index in [0.717, 1.165) is 42.9 Å². The molecule has 0 unspecified atom stereocenters. The van der Waals surface area contributed by atoms with Gasteiger partial charge in [-0.15, -0.1) is 0 Å². The maximum Gasteiger partial charge on any atom is 0.335 e. The largest absolute Gasteiger partial charge is 0.478 e. The van der Waals surface area contributed by atoms with Crippen LogP contribution >= 0.6 is 0 Å². The van der Waals surface area contributed by atoms with E-state index in [1.807, 2.05) is 39.0 Å². The molecule has 0 radical (unpaired) electrons. The lowest BCUT2D eigenvalue weighted by molar-refractivity contribution is -0.160. The number of carbonyl (C=O) groups excluding carboxylic acids is 1. The monoisotopic (exact) mass is 433 g/mol. The third kappa shape index (κ3) is 4.72. The van der Waals surface area contributed by atoms with Crippen molar-refractivity contribution in [2.75, 3.05) is 18.0 Å². The zero-order valence-electron chi connectivity index (χ0n) is 18.5. The number of hydrogen-bond donors (Lipinski definition) is 1.